The molecular formula is C14H19NO2S2. The van der Waals surface area contributed by atoms with Crippen molar-refractivity contribution in [1.82, 2.24) is 0 Å². The average Bonchev–Trinajstić information content (AvgIpc) is 2.96. The number of rotatable bonds is 6. The van der Waals surface area contributed by atoms with Crippen molar-refractivity contribution in [1.29, 1.82) is 0 Å². The third-order valence-corrected chi connectivity index (χ3v) is 4.94. The Morgan fingerprint density at radius 3 is 3.11 bits per heavy atom. The van der Waals surface area contributed by atoms with E-state index in [4.69, 9.17) is 4.74 Å². The maximum atomic E-state index is 12.2. The molecule has 0 N–H and O–H groups in total. The number of hydrogen-bond donors (Lipinski definition) is 0. The summed E-state index contributed by atoms with van der Waals surface area (Å²) in [5.41, 5.74) is 0. The summed E-state index contributed by atoms with van der Waals surface area (Å²) in [4.78, 5) is 18.0. The Kier molecular flexibility index (Phi) is 5.92. The molecule has 2 rings (SSSR count). The van der Waals surface area contributed by atoms with Gasteiger partial charge in [0.15, 0.2) is 0 Å². The molecule has 1 aromatic heterocycles. The van der Waals surface area contributed by atoms with Crippen molar-refractivity contribution in [2.45, 2.75) is 26.2 Å². The molecule has 0 radical (unpaired) electrons. The van der Waals surface area contributed by atoms with Crippen LogP contribution in [0, 0.1) is 5.92 Å². The van der Waals surface area contributed by atoms with E-state index in [-0.39, 0.29) is 11.9 Å². The molecule has 0 fully saturated rings. The van der Waals surface area contributed by atoms with Crippen molar-refractivity contribution in [3.63, 3.8) is 0 Å². The summed E-state index contributed by atoms with van der Waals surface area (Å²) in [5.74, 6) is 0.722. The lowest BCUT2D eigenvalue weighted by Crippen LogP contribution is -2.28. The quantitative estimate of drug-likeness (QED) is 0.755. The van der Waals surface area contributed by atoms with Crippen LogP contribution in [0.1, 0.15) is 24.6 Å². The second kappa shape index (κ2) is 7.70. The van der Waals surface area contributed by atoms with Gasteiger partial charge in [0.25, 0.3) is 0 Å². The van der Waals surface area contributed by atoms with E-state index in [0.717, 1.165) is 30.2 Å². The van der Waals surface area contributed by atoms with Gasteiger partial charge in [-0.2, -0.15) is 0 Å². The highest BCUT2D eigenvalue weighted by atomic mass is 32.2. The first kappa shape index (κ1) is 14.6. The maximum Gasteiger partial charge on any atom is 0.315 e. The van der Waals surface area contributed by atoms with Crippen molar-refractivity contribution in [2.75, 3.05) is 18.9 Å². The van der Waals surface area contributed by atoms with E-state index in [1.54, 1.807) is 23.1 Å². The van der Waals surface area contributed by atoms with Crippen molar-refractivity contribution in [3.8, 4) is 0 Å². The standard InChI is InChI=1S/C14H19NO2S2/c1-2-7-17-14(16)12(10-11-5-3-8-18-11)13-15-6-4-9-19-13/h3,5,8,12H,2,4,6-7,9-10H2,1H3. The van der Waals surface area contributed by atoms with Gasteiger partial charge < -0.3 is 4.74 Å². The van der Waals surface area contributed by atoms with Gasteiger partial charge in [-0.25, -0.2) is 0 Å². The number of nitrogens with zero attached hydrogens (tertiary/aromatic N) is 1. The molecule has 0 bridgehead atoms. The second-order valence-corrected chi connectivity index (χ2v) is 6.57. The molecule has 1 unspecified atom stereocenters. The highest BCUT2D eigenvalue weighted by Gasteiger charge is 2.28. The summed E-state index contributed by atoms with van der Waals surface area (Å²) in [5, 5.41) is 3.00. The molecule has 0 aliphatic carbocycles. The van der Waals surface area contributed by atoms with Crippen LogP contribution in [0.5, 0.6) is 0 Å². The first-order valence-corrected chi connectivity index (χ1v) is 8.54. The van der Waals surface area contributed by atoms with Gasteiger partial charge in [-0.15, -0.1) is 23.1 Å². The van der Waals surface area contributed by atoms with Crippen LogP contribution in [0.3, 0.4) is 0 Å². The van der Waals surface area contributed by atoms with Gasteiger partial charge in [-0.05, 0) is 24.3 Å². The van der Waals surface area contributed by atoms with Gasteiger partial charge in [0.1, 0.15) is 5.92 Å². The first-order chi connectivity index (χ1) is 9.31. The van der Waals surface area contributed by atoms with Crippen LogP contribution < -0.4 is 0 Å². The van der Waals surface area contributed by atoms with Crippen LogP contribution >= 0.6 is 23.1 Å². The zero-order valence-corrected chi connectivity index (χ0v) is 12.8. The molecule has 104 valence electrons. The van der Waals surface area contributed by atoms with Crippen LogP contribution in [0.2, 0.25) is 0 Å². The number of thiophene rings is 1. The van der Waals surface area contributed by atoms with Gasteiger partial charge in [0.2, 0.25) is 0 Å². The van der Waals surface area contributed by atoms with Crippen molar-refractivity contribution in [3.05, 3.63) is 22.4 Å². The Bertz CT molecular complexity index is 429. The van der Waals surface area contributed by atoms with E-state index in [0.29, 0.717) is 13.0 Å². The van der Waals surface area contributed by atoms with Crippen LogP contribution in [0.15, 0.2) is 22.5 Å². The van der Waals surface area contributed by atoms with Gasteiger partial charge in [0, 0.05) is 23.6 Å². The Morgan fingerprint density at radius 1 is 1.58 bits per heavy atom. The van der Waals surface area contributed by atoms with Crippen molar-refractivity contribution >= 4 is 34.1 Å². The number of ether oxygens (including phenoxy) is 1. The topological polar surface area (TPSA) is 38.7 Å². The van der Waals surface area contributed by atoms with Crippen molar-refractivity contribution < 1.29 is 9.53 Å². The van der Waals surface area contributed by atoms with E-state index in [9.17, 15) is 4.79 Å². The van der Waals surface area contributed by atoms with Crippen LogP contribution in [0.4, 0.5) is 0 Å². The number of carbonyl (C=O) groups is 1. The number of carbonyl (C=O) groups excluding carboxylic acids is 1. The Balaban J connectivity index is 2.07. The summed E-state index contributed by atoms with van der Waals surface area (Å²) < 4.78 is 5.33. The molecule has 0 saturated heterocycles. The lowest BCUT2D eigenvalue weighted by molar-refractivity contribution is -0.146. The van der Waals surface area contributed by atoms with Crippen LogP contribution in [-0.2, 0) is 16.0 Å². The largest absolute Gasteiger partial charge is 0.465 e. The smallest absolute Gasteiger partial charge is 0.315 e. The van der Waals surface area contributed by atoms with Gasteiger partial charge in [-0.3, -0.25) is 9.79 Å². The number of thioether (sulfide) groups is 1. The third kappa shape index (κ3) is 4.35. The summed E-state index contributed by atoms with van der Waals surface area (Å²) in [7, 11) is 0. The monoisotopic (exact) mass is 297 g/mol. The molecular weight excluding hydrogens is 278 g/mol. The minimum absolute atomic E-state index is 0.122. The molecule has 1 atom stereocenters. The highest BCUT2D eigenvalue weighted by molar-refractivity contribution is 8.14. The fraction of sp³-hybridized carbons (Fsp3) is 0.571. The van der Waals surface area contributed by atoms with E-state index >= 15 is 0 Å². The average molecular weight is 297 g/mol. The molecule has 0 amide bonds. The van der Waals surface area contributed by atoms with E-state index in [1.807, 2.05) is 18.4 Å². The SMILES string of the molecule is CCCOC(=O)C(Cc1cccs1)C1=NCCCS1. The van der Waals surface area contributed by atoms with Gasteiger partial charge >= 0.3 is 5.97 Å². The van der Waals surface area contributed by atoms with E-state index in [2.05, 4.69) is 11.1 Å². The minimum atomic E-state index is -0.213. The number of esters is 1. The third-order valence-electron chi connectivity index (χ3n) is 2.84. The molecule has 0 spiro atoms. The summed E-state index contributed by atoms with van der Waals surface area (Å²) in [6.07, 6.45) is 2.67. The normalized spacial score (nSPS) is 16.8. The van der Waals surface area contributed by atoms with Gasteiger partial charge in [0.05, 0.1) is 11.7 Å². The zero-order valence-electron chi connectivity index (χ0n) is 11.1. The predicted molar refractivity (Wildman–Crippen MR) is 82.1 cm³/mol. The molecule has 2 heterocycles. The first-order valence-electron chi connectivity index (χ1n) is 6.67. The number of hydrogen-bond acceptors (Lipinski definition) is 5. The van der Waals surface area contributed by atoms with Crippen LogP contribution in [-0.4, -0.2) is 29.9 Å². The minimum Gasteiger partial charge on any atom is -0.465 e. The summed E-state index contributed by atoms with van der Waals surface area (Å²) >= 11 is 3.39. The fourth-order valence-corrected chi connectivity index (χ4v) is 3.69. The molecule has 1 aromatic rings. The lowest BCUT2D eigenvalue weighted by Gasteiger charge is -2.19. The molecule has 1 aliphatic rings. The predicted octanol–water partition coefficient (Wildman–Crippen LogP) is 3.40. The Hall–Kier alpha value is -0.810. The zero-order chi connectivity index (χ0) is 13.5. The molecule has 5 heteroatoms. The summed E-state index contributed by atoms with van der Waals surface area (Å²) in [6.45, 7) is 3.34. The Morgan fingerprint density at radius 2 is 2.47 bits per heavy atom. The van der Waals surface area contributed by atoms with Crippen molar-refractivity contribution in [2.24, 2.45) is 10.9 Å². The second-order valence-electron chi connectivity index (χ2n) is 4.43. The Labute approximate surface area is 122 Å². The maximum absolute atomic E-state index is 12.2. The fourth-order valence-electron chi connectivity index (χ4n) is 1.89. The molecule has 0 aromatic carbocycles. The highest BCUT2D eigenvalue weighted by Crippen LogP contribution is 2.25. The molecule has 19 heavy (non-hydrogen) atoms. The van der Waals surface area contributed by atoms with Crippen LogP contribution in [0.25, 0.3) is 0 Å². The molecule has 3 nitrogen and oxygen atoms in total. The van der Waals surface area contributed by atoms with E-state index < -0.39 is 0 Å². The summed E-state index contributed by atoms with van der Waals surface area (Å²) in [6, 6.07) is 4.09. The lowest BCUT2D eigenvalue weighted by atomic mass is 10.1. The molecule has 0 saturated carbocycles. The van der Waals surface area contributed by atoms with E-state index in [1.165, 1.54) is 4.88 Å². The molecule has 1 aliphatic heterocycles. The van der Waals surface area contributed by atoms with Gasteiger partial charge in [-0.1, -0.05) is 13.0 Å². The number of aliphatic imine (C=N–C) groups is 1.